The fourth-order valence-corrected chi connectivity index (χ4v) is 1.84. The van der Waals surface area contributed by atoms with Crippen molar-refractivity contribution in [3.05, 3.63) is 35.4 Å². The lowest BCUT2D eigenvalue weighted by Gasteiger charge is -2.25. The van der Waals surface area contributed by atoms with Crippen LogP contribution in [-0.4, -0.2) is 12.7 Å². The summed E-state index contributed by atoms with van der Waals surface area (Å²) in [6.45, 7) is 4.32. The van der Waals surface area contributed by atoms with Crippen LogP contribution in [0.1, 0.15) is 31.9 Å². The van der Waals surface area contributed by atoms with E-state index in [1.807, 2.05) is 13.8 Å². The standard InChI is InChI=1S/C12H18F2N2O/c1-3-11(17-4-2)12(16-15)8-5-9(13)7-10(14)6-8/h5-7,11-12,16H,3-4,15H2,1-2H3. The fourth-order valence-electron chi connectivity index (χ4n) is 1.84. The number of ether oxygens (including phenoxy) is 1. The Labute approximate surface area is 99.9 Å². The molecule has 1 aromatic rings. The topological polar surface area (TPSA) is 47.3 Å². The van der Waals surface area contributed by atoms with Gasteiger partial charge < -0.3 is 4.74 Å². The van der Waals surface area contributed by atoms with Gasteiger partial charge in [-0.05, 0) is 31.0 Å². The van der Waals surface area contributed by atoms with Gasteiger partial charge in [-0.15, -0.1) is 0 Å². The molecule has 2 atom stereocenters. The molecule has 3 N–H and O–H groups in total. The summed E-state index contributed by atoms with van der Waals surface area (Å²) in [6.07, 6.45) is 0.479. The van der Waals surface area contributed by atoms with Crippen molar-refractivity contribution in [2.24, 2.45) is 5.84 Å². The first-order valence-corrected chi connectivity index (χ1v) is 5.66. The minimum Gasteiger partial charge on any atom is -0.376 e. The average molecular weight is 244 g/mol. The van der Waals surface area contributed by atoms with Crippen LogP contribution in [0.15, 0.2) is 18.2 Å². The van der Waals surface area contributed by atoms with Crippen LogP contribution in [0.3, 0.4) is 0 Å². The van der Waals surface area contributed by atoms with Crippen molar-refractivity contribution < 1.29 is 13.5 Å². The second kappa shape index (κ2) is 6.64. The molecule has 0 aliphatic carbocycles. The smallest absolute Gasteiger partial charge is 0.126 e. The van der Waals surface area contributed by atoms with E-state index in [0.29, 0.717) is 18.6 Å². The summed E-state index contributed by atoms with van der Waals surface area (Å²) >= 11 is 0. The number of hydrogen-bond acceptors (Lipinski definition) is 3. The predicted molar refractivity (Wildman–Crippen MR) is 62.1 cm³/mol. The first-order chi connectivity index (χ1) is 8.12. The number of nitrogens with one attached hydrogen (secondary N) is 1. The van der Waals surface area contributed by atoms with Crippen LogP contribution >= 0.6 is 0 Å². The van der Waals surface area contributed by atoms with Crippen LogP contribution in [-0.2, 0) is 4.74 Å². The van der Waals surface area contributed by atoms with Crippen LogP contribution in [0.4, 0.5) is 8.78 Å². The molecule has 0 aliphatic rings. The summed E-state index contributed by atoms with van der Waals surface area (Å²) < 4.78 is 31.7. The molecule has 0 spiro atoms. The zero-order chi connectivity index (χ0) is 12.8. The lowest BCUT2D eigenvalue weighted by molar-refractivity contribution is 0.0313. The van der Waals surface area contributed by atoms with Gasteiger partial charge in [0.15, 0.2) is 0 Å². The van der Waals surface area contributed by atoms with Crippen LogP contribution in [0.25, 0.3) is 0 Å². The highest BCUT2D eigenvalue weighted by Crippen LogP contribution is 2.22. The number of hydrazine groups is 1. The van der Waals surface area contributed by atoms with Crippen molar-refractivity contribution >= 4 is 0 Å². The molecule has 5 heteroatoms. The number of benzene rings is 1. The maximum Gasteiger partial charge on any atom is 0.126 e. The number of rotatable bonds is 6. The van der Waals surface area contributed by atoms with Gasteiger partial charge in [-0.2, -0.15) is 0 Å². The van der Waals surface area contributed by atoms with Crippen LogP contribution < -0.4 is 11.3 Å². The Morgan fingerprint density at radius 2 is 1.82 bits per heavy atom. The highest BCUT2D eigenvalue weighted by atomic mass is 19.1. The Kier molecular flexibility index (Phi) is 5.47. The number of hydrogen-bond donors (Lipinski definition) is 2. The minimum absolute atomic E-state index is 0.216. The summed E-state index contributed by atoms with van der Waals surface area (Å²) in [5, 5.41) is 0. The van der Waals surface area contributed by atoms with E-state index in [4.69, 9.17) is 10.6 Å². The maximum atomic E-state index is 13.1. The lowest BCUT2D eigenvalue weighted by atomic mass is 10.00. The molecule has 1 rings (SSSR count). The van der Waals surface area contributed by atoms with Crippen molar-refractivity contribution in [2.75, 3.05) is 6.61 Å². The Balaban J connectivity index is 2.98. The summed E-state index contributed by atoms with van der Waals surface area (Å²) in [5.74, 6) is 4.20. The van der Waals surface area contributed by atoms with E-state index in [1.165, 1.54) is 12.1 Å². The van der Waals surface area contributed by atoms with Crippen molar-refractivity contribution in [1.82, 2.24) is 5.43 Å². The van der Waals surface area contributed by atoms with Crippen molar-refractivity contribution in [3.8, 4) is 0 Å². The molecular formula is C12H18F2N2O. The van der Waals surface area contributed by atoms with Gasteiger partial charge in [0.2, 0.25) is 0 Å². The molecule has 0 bridgehead atoms. The normalized spacial score (nSPS) is 14.6. The molecule has 3 nitrogen and oxygen atoms in total. The largest absolute Gasteiger partial charge is 0.376 e. The number of nitrogens with two attached hydrogens (primary N) is 1. The Hall–Kier alpha value is -1.04. The van der Waals surface area contributed by atoms with Crippen LogP contribution in [0.5, 0.6) is 0 Å². The average Bonchev–Trinajstić information content (AvgIpc) is 2.27. The molecule has 17 heavy (non-hydrogen) atoms. The number of halogens is 2. The molecule has 1 aromatic carbocycles. The molecular weight excluding hydrogens is 226 g/mol. The van der Waals surface area contributed by atoms with Gasteiger partial charge in [0, 0.05) is 12.7 Å². The highest BCUT2D eigenvalue weighted by molar-refractivity contribution is 5.22. The SMILES string of the molecule is CCOC(CC)C(NN)c1cc(F)cc(F)c1. The van der Waals surface area contributed by atoms with E-state index in [2.05, 4.69) is 5.43 Å². The molecule has 0 aliphatic heterocycles. The third kappa shape index (κ3) is 3.73. The van der Waals surface area contributed by atoms with Gasteiger partial charge in [-0.3, -0.25) is 11.3 Å². The predicted octanol–water partition coefficient (Wildman–Crippen LogP) is 2.28. The van der Waals surface area contributed by atoms with Crippen LogP contribution in [0.2, 0.25) is 0 Å². The monoisotopic (exact) mass is 244 g/mol. The zero-order valence-electron chi connectivity index (χ0n) is 10.0. The molecule has 0 radical (unpaired) electrons. The summed E-state index contributed by atoms with van der Waals surface area (Å²) in [5.41, 5.74) is 3.00. The molecule has 0 aromatic heterocycles. The van der Waals surface area contributed by atoms with E-state index in [-0.39, 0.29) is 6.10 Å². The van der Waals surface area contributed by atoms with Gasteiger partial charge >= 0.3 is 0 Å². The Morgan fingerprint density at radius 3 is 2.24 bits per heavy atom. The van der Waals surface area contributed by atoms with Crippen molar-refractivity contribution in [3.63, 3.8) is 0 Å². The molecule has 0 saturated carbocycles. The van der Waals surface area contributed by atoms with Crippen LogP contribution in [0, 0.1) is 11.6 Å². The van der Waals surface area contributed by atoms with Gasteiger partial charge in [0.25, 0.3) is 0 Å². The highest BCUT2D eigenvalue weighted by Gasteiger charge is 2.22. The van der Waals surface area contributed by atoms with Gasteiger partial charge in [-0.1, -0.05) is 6.92 Å². The second-order valence-corrected chi connectivity index (χ2v) is 3.75. The Morgan fingerprint density at radius 1 is 1.24 bits per heavy atom. The van der Waals surface area contributed by atoms with Crippen molar-refractivity contribution in [1.29, 1.82) is 0 Å². The molecule has 96 valence electrons. The fraction of sp³-hybridized carbons (Fsp3) is 0.500. The summed E-state index contributed by atoms with van der Waals surface area (Å²) in [7, 11) is 0. The second-order valence-electron chi connectivity index (χ2n) is 3.75. The minimum atomic E-state index is -0.619. The van der Waals surface area contributed by atoms with E-state index in [0.717, 1.165) is 6.07 Å². The third-order valence-corrected chi connectivity index (χ3v) is 2.58. The van der Waals surface area contributed by atoms with E-state index < -0.39 is 17.7 Å². The lowest BCUT2D eigenvalue weighted by Crippen LogP contribution is -2.38. The summed E-state index contributed by atoms with van der Waals surface area (Å²) in [6, 6.07) is 2.92. The molecule has 0 amide bonds. The maximum absolute atomic E-state index is 13.1. The van der Waals surface area contributed by atoms with Gasteiger partial charge in [0.1, 0.15) is 11.6 Å². The Bertz CT molecular complexity index is 340. The van der Waals surface area contributed by atoms with Gasteiger partial charge in [-0.25, -0.2) is 8.78 Å². The summed E-state index contributed by atoms with van der Waals surface area (Å²) in [4.78, 5) is 0. The quantitative estimate of drug-likeness (QED) is 0.596. The first kappa shape index (κ1) is 14.0. The third-order valence-electron chi connectivity index (χ3n) is 2.58. The van der Waals surface area contributed by atoms with Crippen molar-refractivity contribution in [2.45, 2.75) is 32.4 Å². The van der Waals surface area contributed by atoms with E-state index >= 15 is 0 Å². The van der Waals surface area contributed by atoms with E-state index in [9.17, 15) is 8.78 Å². The van der Waals surface area contributed by atoms with E-state index in [1.54, 1.807) is 0 Å². The molecule has 0 fully saturated rings. The molecule has 0 heterocycles. The molecule has 0 saturated heterocycles. The molecule has 2 unspecified atom stereocenters. The first-order valence-electron chi connectivity index (χ1n) is 5.66. The zero-order valence-corrected chi connectivity index (χ0v) is 10.0. The van der Waals surface area contributed by atoms with Gasteiger partial charge in [0.05, 0.1) is 12.1 Å².